The zero-order valence-corrected chi connectivity index (χ0v) is 11.3. The second-order valence-electron chi connectivity index (χ2n) is 4.42. The van der Waals surface area contributed by atoms with Crippen LogP contribution >= 0.6 is 11.3 Å². The maximum absolute atomic E-state index is 4.33. The summed E-state index contributed by atoms with van der Waals surface area (Å²) in [4.78, 5) is 9.82. The first-order valence-electron chi connectivity index (χ1n) is 6.16. The Balaban J connectivity index is 1.79. The summed E-state index contributed by atoms with van der Waals surface area (Å²) < 4.78 is 0. The number of nitrogens with one attached hydrogen (secondary N) is 2. The average molecular weight is 252 g/mol. The van der Waals surface area contributed by atoms with Crippen LogP contribution in [0.4, 0.5) is 0 Å². The molecule has 0 atom stereocenters. The molecule has 0 aliphatic heterocycles. The Labute approximate surface area is 107 Å². The van der Waals surface area contributed by atoms with E-state index in [1.165, 1.54) is 30.6 Å². The first kappa shape index (κ1) is 12.4. The third-order valence-electron chi connectivity index (χ3n) is 3.00. The Morgan fingerprint density at radius 1 is 1.53 bits per heavy atom. The standard InChI is InChI=1S/C12H20N4S/c1-9-7-14-11(17-9)8-15-12(13-2)16-10-5-3-4-6-10/h7,10H,3-6,8H2,1-2H3,(H2,13,15,16). The Morgan fingerprint density at radius 3 is 2.88 bits per heavy atom. The quantitative estimate of drug-likeness (QED) is 0.639. The van der Waals surface area contributed by atoms with Gasteiger partial charge in [-0.3, -0.25) is 4.99 Å². The number of hydrogen-bond acceptors (Lipinski definition) is 3. The third-order valence-corrected chi connectivity index (χ3v) is 3.91. The molecule has 2 rings (SSSR count). The molecule has 94 valence electrons. The fourth-order valence-electron chi connectivity index (χ4n) is 2.10. The molecular formula is C12H20N4S. The van der Waals surface area contributed by atoms with Gasteiger partial charge in [-0.1, -0.05) is 12.8 Å². The maximum Gasteiger partial charge on any atom is 0.191 e. The zero-order valence-electron chi connectivity index (χ0n) is 10.5. The summed E-state index contributed by atoms with van der Waals surface area (Å²) in [6.07, 6.45) is 7.10. The third kappa shape index (κ3) is 3.70. The molecule has 1 aromatic rings. The molecule has 1 saturated carbocycles. The summed E-state index contributed by atoms with van der Waals surface area (Å²) in [5, 5.41) is 7.88. The highest BCUT2D eigenvalue weighted by atomic mass is 32.1. The molecule has 0 spiro atoms. The molecule has 17 heavy (non-hydrogen) atoms. The maximum atomic E-state index is 4.33. The van der Waals surface area contributed by atoms with Gasteiger partial charge in [0.2, 0.25) is 0 Å². The number of guanidine groups is 1. The van der Waals surface area contributed by atoms with Crippen molar-refractivity contribution < 1.29 is 0 Å². The molecule has 0 saturated heterocycles. The van der Waals surface area contributed by atoms with E-state index >= 15 is 0 Å². The van der Waals surface area contributed by atoms with Crippen molar-refractivity contribution in [3.8, 4) is 0 Å². The molecule has 2 N–H and O–H groups in total. The van der Waals surface area contributed by atoms with E-state index in [1.54, 1.807) is 11.3 Å². The number of hydrogen-bond donors (Lipinski definition) is 2. The van der Waals surface area contributed by atoms with Gasteiger partial charge in [-0.25, -0.2) is 4.98 Å². The van der Waals surface area contributed by atoms with Crippen LogP contribution in [0, 0.1) is 6.92 Å². The van der Waals surface area contributed by atoms with Crippen LogP contribution in [0.3, 0.4) is 0 Å². The fraction of sp³-hybridized carbons (Fsp3) is 0.667. The van der Waals surface area contributed by atoms with E-state index in [9.17, 15) is 0 Å². The summed E-state index contributed by atoms with van der Waals surface area (Å²) in [5.74, 6) is 0.893. The van der Waals surface area contributed by atoms with Crippen molar-refractivity contribution in [3.63, 3.8) is 0 Å². The Bertz CT molecular complexity index is 380. The van der Waals surface area contributed by atoms with E-state index in [2.05, 4.69) is 27.5 Å². The van der Waals surface area contributed by atoms with Crippen LogP contribution in [0.2, 0.25) is 0 Å². The summed E-state index contributed by atoms with van der Waals surface area (Å²) in [7, 11) is 1.82. The van der Waals surface area contributed by atoms with Crippen molar-refractivity contribution in [2.24, 2.45) is 4.99 Å². The molecule has 5 heteroatoms. The number of rotatable bonds is 3. The van der Waals surface area contributed by atoms with Crippen molar-refractivity contribution in [1.29, 1.82) is 0 Å². The van der Waals surface area contributed by atoms with Crippen molar-refractivity contribution in [3.05, 3.63) is 16.1 Å². The molecule has 0 radical (unpaired) electrons. The van der Waals surface area contributed by atoms with Gasteiger partial charge in [0.1, 0.15) is 5.01 Å². The van der Waals surface area contributed by atoms with Crippen LogP contribution in [-0.2, 0) is 6.54 Å². The monoisotopic (exact) mass is 252 g/mol. The molecular weight excluding hydrogens is 232 g/mol. The lowest BCUT2D eigenvalue weighted by Gasteiger charge is -2.16. The van der Waals surface area contributed by atoms with E-state index in [-0.39, 0.29) is 0 Å². The Morgan fingerprint density at radius 2 is 2.29 bits per heavy atom. The molecule has 0 amide bonds. The molecule has 0 unspecified atom stereocenters. The van der Waals surface area contributed by atoms with Crippen molar-refractivity contribution in [2.45, 2.75) is 45.2 Å². The first-order chi connectivity index (χ1) is 8.28. The minimum absolute atomic E-state index is 0.597. The molecule has 1 aliphatic rings. The smallest absolute Gasteiger partial charge is 0.191 e. The lowest BCUT2D eigenvalue weighted by Crippen LogP contribution is -2.41. The summed E-state index contributed by atoms with van der Waals surface area (Å²) >= 11 is 1.73. The van der Waals surface area contributed by atoms with Gasteiger partial charge >= 0.3 is 0 Å². The number of aryl methyl sites for hydroxylation is 1. The topological polar surface area (TPSA) is 49.3 Å². The van der Waals surface area contributed by atoms with E-state index < -0.39 is 0 Å². The Hall–Kier alpha value is -1.10. The minimum atomic E-state index is 0.597. The molecule has 4 nitrogen and oxygen atoms in total. The highest BCUT2D eigenvalue weighted by molar-refractivity contribution is 7.11. The van der Waals surface area contributed by atoms with Gasteiger partial charge in [-0.05, 0) is 19.8 Å². The van der Waals surface area contributed by atoms with Gasteiger partial charge < -0.3 is 10.6 Å². The number of aromatic nitrogens is 1. The molecule has 0 bridgehead atoms. The number of thiazole rings is 1. The van der Waals surface area contributed by atoms with Gasteiger partial charge in [-0.15, -0.1) is 11.3 Å². The summed E-state index contributed by atoms with van der Waals surface area (Å²) in [5.41, 5.74) is 0. The summed E-state index contributed by atoms with van der Waals surface area (Å²) in [6, 6.07) is 0.597. The van der Waals surface area contributed by atoms with Gasteiger partial charge in [0, 0.05) is 24.2 Å². The minimum Gasteiger partial charge on any atom is -0.354 e. The molecule has 1 aliphatic carbocycles. The van der Waals surface area contributed by atoms with Crippen LogP contribution in [0.25, 0.3) is 0 Å². The van der Waals surface area contributed by atoms with Crippen molar-refractivity contribution in [2.75, 3.05) is 7.05 Å². The lowest BCUT2D eigenvalue weighted by molar-refractivity contribution is 0.613. The number of aliphatic imine (C=N–C) groups is 1. The van der Waals surface area contributed by atoms with E-state index in [0.717, 1.165) is 17.5 Å². The normalized spacial score (nSPS) is 17.4. The highest BCUT2D eigenvalue weighted by Gasteiger charge is 2.15. The lowest BCUT2D eigenvalue weighted by atomic mass is 10.2. The van der Waals surface area contributed by atoms with Crippen LogP contribution in [-0.4, -0.2) is 24.0 Å². The summed E-state index contributed by atoms with van der Waals surface area (Å²) in [6.45, 7) is 2.83. The highest BCUT2D eigenvalue weighted by Crippen LogP contribution is 2.17. The van der Waals surface area contributed by atoms with Crippen LogP contribution in [0.15, 0.2) is 11.2 Å². The van der Waals surface area contributed by atoms with Crippen molar-refractivity contribution in [1.82, 2.24) is 15.6 Å². The van der Waals surface area contributed by atoms with Gasteiger partial charge in [0.15, 0.2) is 5.96 Å². The second-order valence-corrected chi connectivity index (χ2v) is 5.74. The molecule has 0 aromatic carbocycles. The van der Waals surface area contributed by atoms with E-state index in [0.29, 0.717) is 6.04 Å². The number of nitrogens with zero attached hydrogens (tertiary/aromatic N) is 2. The van der Waals surface area contributed by atoms with Gasteiger partial charge in [0.25, 0.3) is 0 Å². The fourth-order valence-corrected chi connectivity index (χ4v) is 2.83. The zero-order chi connectivity index (χ0) is 12.1. The predicted molar refractivity (Wildman–Crippen MR) is 72.4 cm³/mol. The molecule has 1 aromatic heterocycles. The average Bonchev–Trinajstić information content (AvgIpc) is 2.96. The van der Waals surface area contributed by atoms with Gasteiger partial charge in [0.05, 0.1) is 6.54 Å². The van der Waals surface area contributed by atoms with Crippen LogP contribution in [0.1, 0.15) is 35.6 Å². The predicted octanol–water partition coefficient (Wildman–Crippen LogP) is 2.06. The van der Waals surface area contributed by atoms with E-state index in [1.807, 2.05) is 13.2 Å². The molecule has 1 fully saturated rings. The van der Waals surface area contributed by atoms with Crippen LogP contribution in [0.5, 0.6) is 0 Å². The second kappa shape index (κ2) is 6.00. The van der Waals surface area contributed by atoms with E-state index in [4.69, 9.17) is 0 Å². The molecule has 1 heterocycles. The van der Waals surface area contributed by atoms with Gasteiger partial charge in [-0.2, -0.15) is 0 Å². The largest absolute Gasteiger partial charge is 0.354 e. The van der Waals surface area contributed by atoms with Crippen molar-refractivity contribution >= 4 is 17.3 Å². The SMILES string of the molecule is CN=C(NCc1ncc(C)s1)NC1CCCC1. The first-order valence-corrected chi connectivity index (χ1v) is 6.98. The van der Waals surface area contributed by atoms with Crippen LogP contribution < -0.4 is 10.6 Å². The Kier molecular flexibility index (Phi) is 4.36.